The van der Waals surface area contributed by atoms with E-state index in [1.54, 1.807) is 13.2 Å². The van der Waals surface area contributed by atoms with Crippen LogP contribution in [0.25, 0.3) is 0 Å². The summed E-state index contributed by atoms with van der Waals surface area (Å²) >= 11 is 0. The Kier molecular flexibility index (Phi) is 6.90. The summed E-state index contributed by atoms with van der Waals surface area (Å²) in [4.78, 5) is 25.9. The predicted octanol–water partition coefficient (Wildman–Crippen LogP) is 3.21. The molecule has 0 spiro atoms. The lowest BCUT2D eigenvalue weighted by Gasteiger charge is -2.36. The predicted molar refractivity (Wildman–Crippen MR) is 116 cm³/mol. The highest BCUT2D eigenvalue weighted by molar-refractivity contribution is 5.93. The van der Waals surface area contributed by atoms with E-state index in [0.29, 0.717) is 36.3 Å². The Morgan fingerprint density at radius 2 is 1.90 bits per heavy atom. The topological polar surface area (TPSA) is 70.6 Å². The number of piperazine rings is 1. The number of carbonyl (C=O) groups excluding carboxylic acids is 1. The molecule has 1 aromatic heterocycles. The van der Waals surface area contributed by atoms with Gasteiger partial charge in [-0.3, -0.25) is 4.79 Å². The van der Waals surface area contributed by atoms with Crippen molar-refractivity contribution in [3.63, 3.8) is 0 Å². The van der Waals surface area contributed by atoms with Crippen LogP contribution in [0.4, 0.5) is 11.5 Å². The molecule has 2 heterocycles. The van der Waals surface area contributed by atoms with Gasteiger partial charge in [-0.25, -0.2) is 9.97 Å². The molecule has 7 nitrogen and oxygen atoms in total. The van der Waals surface area contributed by atoms with Crippen LogP contribution < -0.4 is 15.0 Å². The fourth-order valence-corrected chi connectivity index (χ4v) is 3.46. The van der Waals surface area contributed by atoms with E-state index in [1.807, 2.05) is 30.0 Å². The van der Waals surface area contributed by atoms with Crippen LogP contribution in [0.5, 0.6) is 5.75 Å². The highest BCUT2D eigenvalue weighted by atomic mass is 16.5. The van der Waals surface area contributed by atoms with Gasteiger partial charge in [0.25, 0.3) is 5.91 Å². The third-order valence-corrected chi connectivity index (χ3v) is 5.08. The van der Waals surface area contributed by atoms with E-state index in [9.17, 15) is 4.79 Å². The molecule has 29 heavy (non-hydrogen) atoms. The number of methoxy groups -OCH3 is 1. The van der Waals surface area contributed by atoms with E-state index in [1.165, 1.54) is 0 Å². The number of ether oxygens (including phenoxy) is 1. The highest BCUT2D eigenvalue weighted by Gasteiger charge is 2.25. The number of carbonyl (C=O) groups is 1. The van der Waals surface area contributed by atoms with Gasteiger partial charge in [-0.1, -0.05) is 26.0 Å². The smallest absolute Gasteiger partial charge is 0.272 e. The van der Waals surface area contributed by atoms with Crippen LogP contribution in [0.3, 0.4) is 0 Å². The van der Waals surface area contributed by atoms with Crippen molar-refractivity contribution in [1.29, 1.82) is 0 Å². The molecule has 2 aromatic rings. The molecule has 1 aliphatic rings. The molecule has 1 fully saturated rings. The van der Waals surface area contributed by atoms with Crippen LogP contribution in [0.15, 0.2) is 30.3 Å². The maximum absolute atomic E-state index is 13.0. The molecule has 1 aliphatic heterocycles. The maximum atomic E-state index is 13.0. The lowest BCUT2D eigenvalue weighted by atomic mass is 10.1. The molecule has 0 atom stereocenters. The van der Waals surface area contributed by atoms with Crippen LogP contribution in [0, 0.1) is 12.8 Å². The number of nitrogens with one attached hydrogen (secondary N) is 1. The van der Waals surface area contributed by atoms with E-state index >= 15 is 0 Å². The van der Waals surface area contributed by atoms with Gasteiger partial charge in [-0.2, -0.15) is 0 Å². The number of benzene rings is 1. The zero-order chi connectivity index (χ0) is 20.8. The van der Waals surface area contributed by atoms with Crippen LogP contribution in [-0.2, 0) is 0 Å². The molecule has 7 heteroatoms. The molecule has 1 aromatic carbocycles. The van der Waals surface area contributed by atoms with Crippen molar-refractivity contribution < 1.29 is 9.53 Å². The van der Waals surface area contributed by atoms with Crippen molar-refractivity contribution in [3.05, 3.63) is 41.9 Å². The van der Waals surface area contributed by atoms with E-state index < -0.39 is 0 Å². The fourth-order valence-electron chi connectivity index (χ4n) is 3.46. The first-order valence-electron chi connectivity index (χ1n) is 10.2. The number of amides is 1. The van der Waals surface area contributed by atoms with Gasteiger partial charge in [0.2, 0.25) is 0 Å². The molecule has 1 N–H and O–H groups in total. The van der Waals surface area contributed by atoms with Crippen LogP contribution in [0.1, 0.15) is 36.6 Å². The summed E-state index contributed by atoms with van der Waals surface area (Å²) in [6.07, 6.45) is 1.05. The molecule has 1 saturated heterocycles. The molecule has 1 amide bonds. The number of nitrogens with zero attached hydrogens (tertiary/aromatic N) is 4. The Balaban J connectivity index is 1.64. The maximum Gasteiger partial charge on any atom is 0.272 e. The summed E-state index contributed by atoms with van der Waals surface area (Å²) < 4.78 is 5.47. The Morgan fingerprint density at radius 3 is 2.59 bits per heavy atom. The summed E-state index contributed by atoms with van der Waals surface area (Å²) in [6.45, 7) is 9.85. The molecule has 0 radical (unpaired) electrons. The van der Waals surface area contributed by atoms with Gasteiger partial charge in [0.05, 0.1) is 12.8 Å². The van der Waals surface area contributed by atoms with Gasteiger partial charge in [-0.15, -0.1) is 0 Å². The molecule has 0 bridgehead atoms. The lowest BCUT2D eigenvalue weighted by Crippen LogP contribution is -2.49. The molecule has 0 aliphatic carbocycles. The largest absolute Gasteiger partial charge is 0.495 e. The Bertz CT molecular complexity index is 832. The van der Waals surface area contributed by atoms with Crippen molar-refractivity contribution in [1.82, 2.24) is 14.9 Å². The van der Waals surface area contributed by atoms with E-state index in [4.69, 9.17) is 4.74 Å². The minimum atomic E-state index is -0.0397. The average molecular weight is 398 g/mol. The normalized spacial score (nSPS) is 14.2. The summed E-state index contributed by atoms with van der Waals surface area (Å²) in [5.74, 6) is 2.76. The summed E-state index contributed by atoms with van der Waals surface area (Å²) in [5, 5.41) is 3.31. The zero-order valence-corrected chi connectivity index (χ0v) is 17.8. The van der Waals surface area contributed by atoms with Gasteiger partial charge >= 0.3 is 0 Å². The SMILES string of the molecule is COc1ccccc1N1CCN(C(=O)c2cc(NCCC(C)C)nc(C)n2)CC1. The van der Waals surface area contributed by atoms with Gasteiger partial charge in [-0.05, 0) is 31.4 Å². The fraction of sp³-hybridized carbons (Fsp3) is 0.500. The molecular formula is C22H31N5O2. The van der Waals surface area contributed by atoms with Crippen molar-refractivity contribution in [2.24, 2.45) is 5.92 Å². The first-order chi connectivity index (χ1) is 14.0. The van der Waals surface area contributed by atoms with Gasteiger partial charge in [0.15, 0.2) is 0 Å². The Hall–Kier alpha value is -2.83. The molecule has 3 rings (SSSR count). The second kappa shape index (κ2) is 9.58. The Morgan fingerprint density at radius 1 is 1.17 bits per heavy atom. The second-order valence-corrected chi connectivity index (χ2v) is 7.75. The molecule has 0 saturated carbocycles. The monoisotopic (exact) mass is 397 g/mol. The third-order valence-electron chi connectivity index (χ3n) is 5.08. The zero-order valence-electron chi connectivity index (χ0n) is 17.8. The molecular weight excluding hydrogens is 366 g/mol. The average Bonchev–Trinajstić information content (AvgIpc) is 2.72. The van der Waals surface area contributed by atoms with Crippen molar-refractivity contribution >= 4 is 17.4 Å². The number of aromatic nitrogens is 2. The first kappa shape index (κ1) is 20.9. The van der Waals surface area contributed by atoms with Gasteiger partial charge in [0.1, 0.15) is 23.1 Å². The van der Waals surface area contributed by atoms with Crippen LogP contribution in [0.2, 0.25) is 0 Å². The van der Waals surface area contributed by atoms with Gasteiger partial charge < -0.3 is 19.9 Å². The number of para-hydroxylation sites is 2. The van der Waals surface area contributed by atoms with E-state index in [2.05, 4.69) is 40.1 Å². The second-order valence-electron chi connectivity index (χ2n) is 7.75. The van der Waals surface area contributed by atoms with Gasteiger partial charge in [0, 0.05) is 38.8 Å². The number of anilines is 2. The van der Waals surface area contributed by atoms with E-state index in [-0.39, 0.29) is 5.91 Å². The first-order valence-corrected chi connectivity index (χ1v) is 10.2. The number of hydrogen-bond donors (Lipinski definition) is 1. The summed E-state index contributed by atoms with van der Waals surface area (Å²) in [7, 11) is 1.68. The quantitative estimate of drug-likeness (QED) is 0.774. The van der Waals surface area contributed by atoms with Crippen molar-refractivity contribution in [3.8, 4) is 5.75 Å². The summed E-state index contributed by atoms with van der Waals surface area (Å²) in [5.41, 5.74) is 1.52. The van der Waals surface area contributed by atoms with Crippen molar-refractivity contribution in [2.75, 3.05) is 50.1 Å². The van der Waals surface area contributed by atoms with Crippen molar-refractivity contribution in [2.45, 2.75) is 27.2 Å². The van der Waals surface area contributed by atoms with Crippen LogP contribution in [-0.4, -0.2) is 60.6 Å². The third kappa shape index (κ3) is 5.37. The van der Waals surface area contributed by atoms with Crippen LogP contribution >= 0.6 is 0 Å². The lowest BCUT2D eigenvalue weighted by molar-refractivity contribution is 0.0740. The minimum Gasteiger partial charge on any atom is -0.495 e. The molecule has 0 unspecified atom stereocenters. The minimum absolute atomic E-state index is 0.0397. The number of aryl methyl sites for hydroxylation is 1. The Labute approximate surface area is 173 Å². The highest BCUT2D eigenvalue weighted by Crippen LogP contribution is 2.28. The number of hydrogen-bond acceptors (Lipinski definition) is 6. The summed E-state index contributed by atoms with van der Waals surface area (Å²) in [6, 6.07) is 9.75. The standard InChI is InChI=1S/C22H31N5O2/c1-16(2)9-10-23-21-15-18(24-17(3)25-21)22(28)27-13-11-26(12-14-27)19-7-5-6-8-20(19)29-4/h5-8,15-16H,9-14H2,1-4H3,(H,23,24,25). The number of rotatable bonds is 7. The van der Waals surface area contributed by atoms with E-state index in [0.717, 1.165) is 37.5 Å². The molecule has 156 valence electrons.